The Bertz CT molecular complexity index is 521. The van der Waals surface area contributed by atoms with Crippen LogP contribution in [0.4, 0.5) is 0 Å². The van der Waals surface area contributed by atoms with Gasteiger partial charge in [0.05, 0.1) is 0 Å². The van der Waals surface area contributed by atoms with Crippen LogP contribution in [0.25, 0.3) is 6.08 Å². The summed E-state index contributed by atoms with van der Waals surface area (Å²) < 4.78 is 1.03. The third-order valence-electron chi connectivity index (χ3n) is 4.26. The van der Waals surface area contributed by atoms with Gasteiger partial charge in [-0.3, -0.25) is 4.79 Å². The minimum Gasteiger partial charge on any atom is -0.348 e. The summed E-state index contributed by atoms with van der Waals surface area (Å²) >= 11 is 3.43. The summed E-state index contributed by atoms with van der Waals surface area (Å²) in [7, 11) is 0. The van der Waals surface area contributed by atoms with Crippen molar-refractivity contribution in [1.82, 2.24) is 10.2 Å². The van der Waals surface area contributed by atoms with Gasteiger partial charge in [0.2, 0.25) is 5.91 Å². The summed E-state index contributed by atoms with van der Waals surface area (Å²) in [5, 5.41) is 3.16. The molecule has 1 atom stereocenters. The van der Waals surface area contributed by atoms with Crippen LogP contribution in [-0.4, -0.2) is 36.5 Å². The van der Waals surface area contributed by atoms with Crippen molar-refractivity contribution in [2.24, 2.45) is 5.92 Å². The van der Waals surface area contributed by atoms with E-state index in [1.807, 2.05) is 30.3 Å². The number of carbonyl (C=O) groups is 1. The van der Waals surface area contributed by atoms with E-state index in [1.165, 1.54) is 25.9 Å². The second kappa shape index (κ2) is 6.10. The maximum Gasteiger partial charge on any atom is 0.244 e. The molecule has 1 aromatic carbocycles. The molecular formula is C16H19BrN2O. The number of hydrogen-bond donors (Lipinski definition) is 1. The largest absolute Gasteiger partial charge is 0.348 e. The zero-order valence-corrected chi connectivity index (χ0v) is 13.0. The number of nitrogens with zero attached hydrogens (tertiary/aromatic N) is 1. The number of nitrogens with one attached hydrogen (secondary N) is 1. The summed E-state index contributed by atoms with van der Waals surface area (Å²) in [6.45, 7) is 3.41. The molecule has 106 valence electrons. The van der Waals surface area contributed by atoms with E-state index in [4.69, 9.17) is 0 Å². The topological polar surface area (TPSA) is 32.3 Å². The van der Waals surface area contributed by atoms with Crippen molar-refractivity contribution in [3.8, 4) is 0 Å². The van der Waals surface area contributed by atoms with Crippen molar-refractivity contribution in [3.63, 3.8) is 0 Å². The van der Waals surface area contributed by atoms with E-state index >= 15 is 0 Å². The molecule has 3 aliphatic rings. The summed E-state index contributed by atoms with van der Waals surface area (Å²) in [4.78, 5) is 14.5. The first-order chi connectivity index (χ1) is 9.70. The van der Waals surface area contributed by atoms with Crippen LogP contribution < -0.4 is 5.32 Å². The molecule has 1 amide bonds. The lowest BCUT2D eigenvalue weighted by Crippen LogP contribution is -2.57. The van der Waals surface area contributed by atoms with Gasteiger partial charge in [0.25, 0.3) is 0 Å². The van der Waals surface area contributed by atoms with E-state index in [0.717, 1.165) is 16.6 Å². The Hall–Kier alpha value is -1.13. The number of benzene rings is 1. The van der Waals surface area contributed by atoms with Crippen molar-refractivity contribution in [3.05, 3.63) is 40.4 Å². The minimum absolute atomic E-state index is 0.0173. The SMILES string of the molecule is O=C(/C=C/c1cccc(Br)c1)N[C@H]1CN2CCC1CC2. The molecule has 3 heterocycles. The average Bonchev–Trinajstić information content (AvgIpc) is 2.46. The van der Waals surface area contributed by atoms with E-state index in [1.54, 1.807) is 6.08 Å². The first-order valence-corrected chi connectivity index (χ1v) is 7.96. The van der Waals surface area contributed by atoms with Crippen molar-refractivity contribution in [2.45, 2.75) is 18.9 Å². The van der Waals surface area contributed by atoms with Gasteiger partial charge in [0, 0.05) is 23.1 Å². The van der Waals surface area contributed by atoms with Crippen LogP contribution >= 0.6 is 15.9 Å². The molecule has 3 nitrogen and oxygen atoms in total. The van der Waals surface area contributed by atoms with Gasteiger partial charge in [-0.25, -0.2) is 0 Å². The van der Waals surface area contributed by atoms with Crippen molar-refractivity contribution in [1.29, 1.82) is 0 Å². The fraction of sp³-hybridized carbons (Fsp3) is 0.438. The molecule has 1 N–H and O–H groups in total. The predicted octanol–water partition coefficient (Wildman–Crippen LogP) is 2.67. The summed E-state index contributed by atoms with van der Waals surface area (Å²) in [5.74, 6) is 0.687. The first kappa shape index (κ1) is 13.8. The maximum atomic E-state index is 12.0. The lowest BCUT2D eigenvalue weighted by molar-refractivity contribution is -0.118. The monoisotopic (exact) mass is 334 g/mol. The van der Waals surface area contributed by atoms with E-state index in [2.05, 4.69) is 26.1 Å². The normalized spacial score (nSPS) is 28.8. The maximum absolute atomic E-state index is 12.0. The van der Waals surface area contributed by atoms with Crippen LogP contribution in [0, 0.1) is 5.92 Å². The molecule has 0 spiro atoms. The third-order valence-corrected chi connectivity index (χ3v) is 4.75. The molecule has 3 saturated heterocycles. The van der Waals surface area contributed by atoms with E-state index in [9.17, 15) is 4.79 Å². The van der Waals surface area contributed by atoms with Gasteiger partial charge in [-0.2, -0.15) is 0 Å². The molecule has 3 fully saturated rings. The number of fused-ring (bicyclic) bond motifs is 3. The zero-order valence-electron chi connectivity index (χ0n) is 11.4. The molecule has 0 saturated carbocycles. The highest BCUT2D eigenvalue weighted by Crippen LogP contribution is 2.27. The van der Waals surface area contributed by atoms with Crippen molar-refractivity contribution >= 4 is 27.9 Å². The molecule has 2 bridgehead atoms. The Morgan fingerprint density at radius 3 is 2.80 bits per heavy atom. The van der Waals surface area contributed by atoms with Crippen LogP contribution in [0.15, 0.2) is 34.8 Å². The predicted molar refractivity (Wildman–Crippen MR) is 84.3 cm³/mol. The molecule has 1 aromatic rings. The van der Waals surface area contributed by atoms with E-state index in [0.29, 0.717) is 12.0 Å². The van der Waals surface area contributed by atoms with Crippen LogP contribution in [0.5, 0.6) is 0 Å². The van der Waals surface area contributed by atoms with Crippen LogP contribution in [0.1, 0.15) is 18.4 Å². The molecule has 0 aliphatic carbocycles. The molecule has 20 heavy (non-hydrogen) atoms. The van der Waals surface area contributed by atoms with Crippen LogP contribution in [-0.2, 0) is 4.79 Å². The number of amides is 1. The quantitative estimate of drug-likeness (QED) is 0.862. The van der Waals surface area contributed by atoms with Crippen molar-refractivity contribution in [2.75, 3.05) is 19.6 Å². The van der Waals surface area contributed by atoms with Gasteiger partial charge in [-0.05, 0) is 55.6 Å². The summed E-state index contributed by atoms with van der Waals surface area (Å²) in [6, 6.07) is 8.26. The Kier molecular flexibility index (Phi) is 4.22. The smallest absolute Gasteiger partial charge is 0.244 e. The number of rotatable bonds is 3. The molecule has 0 radical (unpaired) electrons. The molecule has 4 heteroatoms. The van der Waals surface area contributed by atoms with E-state index in [-0.39, 0.29) is 5.91 Å². The highest BCUT2D eigenvalue weighted by atomic mass is 79.9. The lowest BCUT2D eigenvalue weighted by Gasteiger charge is -2.44. The van der Waals surface area contributed by atoms with E-state index < -0.39 is 0 Å². The van der Waals surface area contributed by atoms with Gasteiger partial charge >= 0.3 is 0 Å². The average molecular weight is 335 g/mol. The molecule has 3 aliphatic heterocycles. The fourth-order valence-electron chi connectivity index (χ4n) is 3.14. The fourth-order valence-corrected chi connectivity index (χ4v) is 3.56. The minimum atomic E-state index is 0.0173. The molecular weight excluding hydrogens is 316 g/mol. The second-order valence-electron chi connectivity index (χ2n) is 5.64. The van der Waals surface area contributed by atoms with Gasteiger partial charge in [0.1, 0.15) is 0 Å². The number of carbonyl (C=O) groups excluding carboxylic acids is 1. The Labute approximate surface area is 128 Å². The number of piperidine rings is 3. The van der Waals surface area contributed by atoms with Gasteiger partial charge < -0.3 is 10.2 Å². The first-order valence-electron chi connectivity index (χ1n) is 7.17. The molecule has 0 unspecified atom stereocenters. The zero-order chi connectivity index (χ0) is 13.9. The highest BCUT2D eigenvalue weighted by Gasteiger charge is 2.34. The number of hydrogen-bond acceptors (Lipinski definition) is 2. The van der Waals surface area contributed by atoms with Gasteiger partial charge in [-0.1, -0.05) is 28.1 Å². The van der Waals surface area contributed by atoms with Crippen molar-refractivity contribution < 1.29 is 4.79 Å². The standard InChI is InChI=1S/C16H19BrN2O/c17-14-3-1-2-12(10-14)4-5-16(20)18-15-11-19-8-6-13(15)7-9-19/h1-5,10,13,15H,6-9,11H2,(H,18,20)/b5-4+/t15-/m0/s1. The second-order valence-corrected chi connectivity index (χ2v) is 6.56. The van der Waals surface area contributed by atoms with Crippen LogP contribution in [0.2, 0.25) is 0 Å². The summed E-state index contributed by atoms with van der Waals surface area (Å²) in [6.07, 6.45) is 5.95. The molecule has 0 aromatic heterocycles. The lowest BCUT2D eigenvalue weighted by atomic mass is 9.84. The summed E-state index contributed by atoms with van der Waals surface area (Å²) in [5.41, 5.74) is 1.03. The van der Waals surface area contributed by atoms with Gasteiger partial charge in [-0.15, -0.1) is 0 Å². The van der Waals surface area contributed by atoms with Crippen LogP contribution in [0.3, 0.4) is 0 Å². The van der Waals surface area contributed by atoms with Gasteiger partial charge in [0.15, 0.2) is 0 Å². The Balaban J connectivity index is 1.57. The Morgan fingerprint density at radius 1 is 1.35 bits per heavy atom. The highest BCUT2D eigenvalue weighted by molar-refractivity contribution is 9.10. The number of halogens is 1. The third kappa shape index (κ3) is 3.30. The Morgan fingerprint density at radius 2 is 2.15 bits per heavy atom. The molecule has 4 rings (SSSR count).